The molecule has 1 aromatic rings. The van der Waals surface area contributed by atoms with Gasteiger partial charge >= 0.3 is 5.97 Å². The SMILES string of the molecule is CCOc1ccc(CC(CC)CC(CN)C(=O)O)c(OCC)c1. The third-order valence-electron chi connectivity index (χ3n) is 3.99. The lowest BCUT2D eigenvalue weighted by molar-refractivity contribution is -0.142. The van der Waals surface area contributed by atoms with Crippen molar-refractivity contribution in [3.8, 4) is 11.5 Å². The molecule has 130 valence electrons. The first-order valence-corrected chi connectivity index (χ1v) is 8.36. The fourth-order valence-corrected chi connectivity index (χ4v) is 2.66. The Balaban J connectivity index is 2.88. The standard InChI is InChI=1S/C18H29NO4/c1-4-13(10-15(12-19)18(20)21)9-14-7-8-16(22-5-2)11-17(14)23-6-3/h7-8,11,13,15H,4-6,9-10,12,19H2,1-3H3,(H,20,21). The van der Waals surface area contributed by atoms with Crippen molar-refractivity contribution in [1.82, 2.24) is 0 Å². The first-order chi connectivity index (χ1) is 11.0. The lowest BCUT2D eigenvalue weighted by atomic mass is 9.87. The molecule has 0 fully saturated rings. The van der Waals surface area contributed by atoms with Crippen LogP contribution in [0, 0.1) is 11.8 Å². The molecule has 0 saturated carbocycles. The van der Waals surface area contributed by atoms with Crippen molar-refractivity contribution in [3.05, 3.63) is 23.8 Å². The minimum Gasteiger partial charge on any atom is -0.494 e. The number of benzene rings is 1. The average molecular weight is 323 g/mol. The van der Waals surface area contributed by atoms with Crippen LogP contribution in [-0.4, -0.2) is 30.8 Å². The lowest BCUT2D eigenvalue weighted by Gasteiger charge is -2.21. The summed E-state index contributed by atoms with van der Waals surface area (Å²) >= 11 is 0. The van der Waals surface area contributed by atoms with E-state index >= 15 is 0 Å². The summed E-state index contributed by atoms with van der Waals surface area (Å²) in [6.45, 7) is 7.34. The first kappa shape index (κ1) is 19.3. The van der Waals surface area contributed by atoms with Gasteiger partial charge in [0, 0.05) is 12.6 Å². The molecule has 0 amide bonds. The molecular formula is C18H29NO4. The van der Waals surface area contributed by atoms with Crippen molar-refractivity contribution >= 4 is 5.97 Å². The van der Waals surface area contributed by atoms with Crippen LogP contribution < -0.4 is 15.2 Å². The van der Waals surface area contributed by atoms with Gasteiger partial charge in [0.15, 0.2) is 0 Å². The highest BCUT2D eigenvalue weighted by atomic mass is 16.5. The topological polar surface area (TPSA) is 81.8 Å². The van der Waals surface area contributed by atoms with Crippen LogP contribution in [0.2, 0.25) is 0 Å². The van der Waals surface area contributed by atoms with E-state index in [2.05, 4.69) is 6.92 Å². The molecule has 5 nitrogen and oxygen atoms in total. The molecule has 0 spiro atoms. The van der Waals surface area contributed by atoms with Crippen LogP contribution in [0.5, 0.6) is 11.5 Å². The Labute approximate surface area is 138 Å². The van der Waals surface area contributed by atoms with Gasteiger partial charge in [0.05, 0.1) is 19.1 Å². The summed E-state index contributed by atoms with van der Waals surface area (Å²) in [6.07, 6.45) is 2.27. The molecule has 2 atom stereocenters. The number of hydrogen-bond donors (Lipinski definition) is 2. The molecule has 0 aliphatic carbocycles. The van der Waals surface area contributed by atoms with Crippen LogP contribution in [0.3, 0.4) is 0 Å². The zero-order valence-corrected chi connectivity index (χ0v) is 14.4. The van der Waals surface area contributed by atoms with Crippen LogP contribution >= 0.6 is 0 Å². The quantitative estimate of drug-likeness (QED) is 0.654. The Bertz CT molecular complexity index is 490. The van der Waals surface area contributed by atoms with Crippen LogP contribution in [0.4, 0.5) is 0 Å². The zero-order valence-electron chi connectivity index (χ0n) is 14.4. The van der Waals surface area contributed by atoms with E-state index in [4.69, 9.17) is 15.2 Å². The van der Waals surface area contributed by atoms with Crippen molar-refractivity contribution < 1.29 is 19.4 Å². The third kappa shape index (κ3) is 6.10. The van der Waals surface area contributed by atoms with Gasteiger partial charge in [-0.2, -0.15) is 0 Å². The molecule has 0 bridgehead atoms. The molecule has 0 radical (unpaired) electrons. The maximum atomic E-state index is 11.2. The van der Waals surface area contributed by atoms with Gasteiger partial charge in [0.25, 0.3) is 0 Å². The van der Waals surface area contributed by atoms with Gasteiger partial charge in [-0.1, -0.05) is 19.4 Å². The van der Waals surface area contributed by atoms with E-state index < -0.39 is 11.9 Å². The highest BCUT2D eigenvalue weighted by Crippen LogP contribution is 2.30. The van der Waals surface area contributed by atoms with E-state index in [-0.39, 0.29) is 12.5 Å². The van der Waals surface area contributed by atoms with Crippen molar-refractivity contribution in [3.63, 3.8) is 0 Å². The van der Waals surface area contributed by atoms with E-state index in [1.807, 2.05) is 32.0 Å². The Morgan fingerprint density at radius 3 is 2.43 bits per heavy atom. The van der Waals surface area contributed by atoms with Gasteiger partial charge in [-0.15, -0.1) is 0 Å². The summed E-state index contributed by atoms with van der Waals surface area (Å²) < 4.78 is 11.2. The van der Waals surface area contributed by atoms with Crippen molar-refractivity contribution in [1.29, 1.82) is 0 Å². The normalized spacial score (nSPS) is 13.4. The molecule has 2 unspecified atom stereocenters. The molecule has 0 aliphatic heterocycles. The predicted molar refractivity (Wildman–Crippen MR) is 91.1 cm³/mol. The predicted octanol–water partition coefficient (Wildman–Crippen LogP) is 3.10. The van der Waals surface area contributed by atoms with Crippen LogP contribution in [0.1, 0.15) is 39.2 Å². The number of rotatable bonds is 11. The molecule has 23 heavy (non-hydrogen) atoms. The Hall–Kier alpha value is -1.75. The summed E-state index contributed by atoms with van der Waals surface area (Å²) in [6, 6.07) is 5.86. The summed E-state index contributed by atoms with van der Waals surface area (Å²) in [5, 5.41) is 9.20. The molecule has 5 heteroatoms. The monoisotopic (exact) mass is 323 g/mol. The van der Waals surface area contributed by atoms with Gasteiger partial charge in [-0.25, -0.2) is 0 Å². The maximum Gasteiger partial charge on any atom is 0.307 e. The molecule has 0 aromatic heterocycles. The second-order valence-electron chi connectivity index (χ2n) is 5.62. The van der Waals surface area contributed by atoms with E-state index in [1.165, 1.54) is 0 Å². The van der Waals surface area contributed by atoms with Crippen LogP contribution in [0.15, 0.2) is 18.2 Å². The number of ether oxygens (including phenoxy) is 2. The second kappa shape index (κ2) is 10.1. The van der Waals surface area contributed by atoms with E-state index in [9.17, 15) is 9.90 Å². The van der Waals surface area contributed by atoms with Crippen LogP contribution in [0.25, 0.3) is 0 Å². The number of nitrogens with two attached hydrogens (primary N) is 1. The smallest absolute Gasteiger partial charge is 0.307 e. The minimum atomic E-state index is -0.817. The van der Waals surface area contributed by atoms with Crippen molar-refractivity contribution in [2.24, 2.45) is 17.6 Å². The maximum absolute atomic E-state index is 11.2. The summed E-state index contributed by atoms with van der Waals surface area (Å²) in [4.78, 5) is 11.2. The van der Waals surface area contributed by atoms with E-state index in [1.54, 1.807) is 0 Å². The van der Waals surface area contributed by atoms with Gasteiger partial charge in [-0.3, -0.25) is 4.79 Å². The van der Waals surface area contributed by atoms with Gasteiger partial charge < -0.3 is 20.3 Å². The molecule has 0 aliphatic rings. The highest BCUT2D eigenvalue weighted by Gasteiger charge is 2.21. The number of carbonyl (C=O) groups is 1. The van der Waals surface area contributed by atoms with Gasteiger partial charge in [-0.05, 0) is 44.2 Å². The van der Waals surface area contributed by atoms with Gasteiger partial charge in [0.1, 0.15) is 11.5 Å². The molecular weight excluding hydrogens is 294 g/mol. The number of aliphatic carboxylic acids is 1. The molecule has 0 heterocycles. The summed E-state index contributed by atoms with van der Waals surface area (Å²) in [5.41, 5.74) is 6.67. The Kier molecular flexibility index (Phi) is 8.48. The molecule has 3 N–H and O–H groups in total. The summed E-state index contributed by atoms with van der Waals surface area (Å²) in [5.74, 6) is 0.562. The number of carboxylic acid groups (broad SMARTS) is 1. The molecule has 0 saturated heterocycles. The molecule has 1 aromatic carbocycles. The second-order valence-corrected chi connectivity index (χ2v) is 5.62. The zero-order chi connectivity index (χ0) is 17.2. The van der Waals surface area contributed by atoms with E-state index in [0.29, 0.717) is 19.6 Å². The highest BCUT2D eigenvalue weighted by molar-refractivity contribution is 5.70. The van der Waals surface area contributed by atoms with Crippen molar-refractivity contribution in [2.45, 2.75) is 40.0 Å². The Morgan fingerprint density at radius 1 is 1.22 bits per heavy atom. The van der Waals surface area contributed by atoms with E-state index in [0.717, 1.165) is 29.9 Å². The number of carboxylic acids is 1. The van der Waals surface area contributed by atoms with Crippen LogP contribution in [-0.2, 0) is 11.2 Å². The Morgan fingerprint density at radius 2 is 1.91 bits per heavy atom. The fraction of sp³-hybridized carbons (Fsp3) is 0.611. The first-order valence-electron chi connectivity index (χ1n) is 8.36. The third-order valence-corrected chi connectivity index (χ3v) is 3.99. The lowest BCUT2D eigenvalue weighted by Crippen LogP contribution is -2.26. The van der Waals surface area contributed by atoms with Gasteiger partial charge in [0.2, 0.25) is 0 Å². The molecule has 1 rings (SSSR count). The summed E-state index contributed by atoms with van der Waals surface area (Å²) in [7, 11) is 0. The largest absolute Gasteiger partial charge is 0.494 e. The number of hydrogen-bond acceptors (Lipinski definition) is 4. The average Bonchev–Trinajstić information content (AvgIpc) is 2.53. The van der Waals surface area contributed by atoms with Crippen molar-refractivity contribution in [2.75, 3.05) is 19.8 Å². The fourth-order valence-electron chi connectivity index (χ4n) is 2.66. The minimum absolute atomic E-state index is 0.174.